The van der Waals surface area contributed by atoms with Gasteiger partial charge in [-0.2, -0.15) is 0 Å². The van der Waals surface area contributed by atoms with Gasteiger partial charge in [-0.05, 0) is 29.7 Å². The van der Waals surface area contributed by atoms with Crippen LogP contribution >= 0.6 is 0 Å². The number of hydrogen-bond donors (Lipinski definition) is 1. The molecule has 0 fully saturated rings. The number of benzene rings is 1. The summed E-state index contributed by atoms with van der Waals surface area (Å²) in [6.45, 7) is 8.21. The Morgan fingerprint density at radius 3 is 2.79 bits per heavy atom. The van der Waals surface area contributed by atoms with Crippen molar-refractivity contribution in [3.63, 3.8) is 0 Å². The Hall–Kier alpha value is -1.31. The first-order valence-corrected chi connectivity index (χ1v) is 4.85. The van der Waals surface area contributed by atoms with Crippen molar-refractivity contribution in [2.45, 2.75) is 19.8 Å². The minimum atomic E-state index is -0.175. The fourth-order valence-corrected chi connectivity index (χ4v) is 2.10. The van der Waals surface area contributed by atoms with Gasteiger partial charge in [-0.1, -0.05) is 20.4 Å². The van der Waals surface area contributed by atoms with Gasteiger partial charge in [0.2, 0.25) is 0 Å². The Balaban J connectivity index is 2.50. The summed E-state index contributed by atoms with van der Waals surface area (Å²) >= 11 is 0. The molecule has 0 amide bonds. The summed E-state index contributed by atoms with van der Waals surface area (Å²) in [5.74, 6) is 0.504. The van der Waals surface area contributed by atoms with Crippen LogP contribution in [0.4, 0.5) is 10.1 Å². The lowest BCUT2D eigenvalue weighted by atomic mass is 9.88. The van der Waals surface area contributed by atoms with E-state index in [2.05, 4.69) is 25.7 Å². The number of nitrogens with one attached hydrogen (secondary N) is 1. The summed E-state index contributed by atoms with van der Waals surface area (Å²) in [7, 11) is 0. The summed E-state index contributed by atoms with van der Waals surface area (Å²) in [5.41, 5.74) is 3.00. The number of halogens is 1. The normalized spacial score (nSPS) is 19.7. The van der Waals surface area contributed by atoms with E-state index in [9.17, 15) is 4.39 Å². The molecule has 1 nitrogen and oxygen atoms in total. The fraction of sp³-hybridized carbons (Fsp3) is 0.333. The molecule has 2 heteroatoms. The van der Waals surface area contributed by atoms with Crippen LogP contribution in [-0.2, 0) is 0 Å². The highest BCUT2D eigenvalue weighted by Gasteiger charge is 2.28. The summed E-state index contributed by atoms with van der Waals surface area (Å²) in [5, 5.41) is 3.19. The minimum absolute atomic E-state index is 0.175. The van der Waals surface area contributed by atoms with Gasteiger partial charge in [0.25, 0.3) is 0 Å². The Morgan fingerprint density at radius 2 is 2.14 bits per heavy atom. The lowest BCUT2D eigenvalue weighted by Crippen LogP contribution is -2.06. The van der Waals surface area contributed by atoms with Crippen LogP contribution in [0.5, 0.6) is 0 Å². The van der Waals surface area contributed by atoms with E-state index in [1.807, 2.05) is 0 Å². The van der Waals surface area contributed by atoms with Crippen LogP contribution in [0.1, 0.15) is 25.3 Å². The number of fused-ring (bicyclic) bond motifs is 1. The van der Waals surface area contributed by atoms with Crippen molar-refractivity contribution in [3.05, 3.63) is 41.9 Å². The average molecular weight is 191 g/mol. The van der Waals surface area contributed by atoms with E-state index in [4.69, 9.17) is 0 Å². The Kier molecular flexibility index (Phi) is 2.06. The van der Waals surface area contributed by atoms with Crippen LogP contribution in [0.2, 0.25) is 0 Å². The van der Waals surface area contributed by atoms with Gasteiger partial charge in [-0.3, -0.25) is 0 Å². The zero-order valence-corrected chi connectivity index (χ0v) is 8.47. The number of anilines is 1. The first kappa shape index (κ1) is 9.25. The molecule has 14 heavy (non-hydrogen) atoms. The lowest BCUT2D eigenvalue weighted by molar-refractivity contribution is 0.565. The Morgan fingerprint density at radius 1 is 1.43 bits per heavy atom. The summed E-state index contributed by atoms with van der Waals surface area (Å²) < 4.78 is 13.1. The highest BCUT2D eigenvalue weighted by molar-refractivity contribution is 5.64. The molecular weight excluding hydrogens is 177 g/mol. The predicted molar refractivity (Wildman–Crippen MR) is 56.7 cm³/mol. The zero-order chi connectivity index (χ0) is 10.3. The van der Waals surface area contributed by atoms with Crippen molar-refractivity contribution in [1.82, 2.24) is 0 Å². The predicted octanol–water partition coefficient (Wildman–Crippen LogP) is 3.50. The third-order valence-electron chi connectivity index (χ3n) is 2.69. The molecule has 1 aromatic rings. The van der Waals surface area contributed by atoms with Crippen LogP contribution < -0.4 is 5.32 Å². The highest BCUT2D eigenvalue weighted by Crippen LogP contribution is 2.42. The van der Waals surface area contributed by atoms with Crippen molar-refractivity contribution in [2.24, 2.45) is 5.92 Å². The van der Waals surface area contributed by atoms with E-state index in [0.717, 1.165) is 16.9 Å². The third-order valence-corrected chi connectivity index (χ3v) is 2.69. The first-order valence-electron chi connectivity index (χ1n) is 4.85. The number of rotatable bonds is 1. The molecule has 1 aromatic carbocycles. The second-order valence-electron chi connectivity index (χ2n) is 4.10. The number of allylic oxidation sites excluding steroid dienone is 1. The largest absolute Gasteiger partial charge is 0.359 e. The smallest absolute Gasteiger partial charge is 0.123 e. The second kappa shape index (κ2) is 3.12. The van der Waals surface area contributed by atoms with Gasteiger partial charge in [0.05, 0.1) is 0 Å². The number of hydrogen-bond acceptors (Lipinski definition) is 1. The molecule has 74 valence electrons. The van der Waals surface area contributed by atoms with Gasteiger partial charge in [0.15, 0.2) is 0 Å². The van der Waals surface area contributed by atoms with Crippen molar-refractivity contribution >= 4 is 5.69 Å². The molecule has 0 bridgehead atoms. The molecule has 0 saturated carbocycles. The van der Waals surface area contributed by atoms with Crippen LogP contribution in [0.25, 0.3) is 0 Å². The van der Waals surface area contributed by atoms with Gasteiger partial charge in [-0.25, -0.2) is 4.39 Å². The van der Waals surface area contributed by atoms with Crippen molar-refractivity contribution in [1.29, 1.82) is 0 Å². The van der Waals surface area contributed by atoms with E-state index in [1.54, 1.807) is 12.1 Å². The van der Waals surface area contributed by atoms with E-state index in [1.165, 1.54) is 6.07 Å². The quantitative estimate of drug-likeness (QED) is 0.716. The molecule has 0 aliphatic carbocycles. The van der Waals surface area contributed by atoms with Crippen LogP contribution in [0.3, 0.4) is 0 Å². The van der Waals surface area contributed by atoms with Crippen molar-refractivity contribution in [2.75, 3.05) is 5.32 Å². The molecular formula is C12H14FN. The second-order valence-corrected chi connectivity index (χ2v) is 4.10. The molecule has 0 unspecified atom stereocenters. The fourth-order valence-electron chi connectivity index (χ4n) is 2.10. The Labute approximate surface area is 83.6 Å². The molecule has 2 rings (SSSR count). The summed E-state index contributed by atoms with van der Waals surface area (Å²) in [6, 6.07) is 4.85. The van der Waals surface area contributed by atoms with Gasteiger partial charge >= 0.3 is 0 Å². The van der Waals surface area contributed by atoms with Crippen LogP contribution in [0.15, 0.2) is 30.5 Å². The van der Waals surface area contributed by atoms with Gasteiger partial charge in [0, 0.05) is 17.3 Å². The van der Waals surface area contributed by atoms with E-state index in [0.29, 0.717) is 5.92 Å². The molecule has 1 heterocycles. The van der Waals surface area contributed by atoms with Gasteiger partial charge in [-0.15, -0.1) is 0 Å². The van der Waals surface area contributed by atoms with Crippen LogP contribution in [-0.4, -0.2) is 0 Å². The molecule has 1 N–H and O–H groups in total. The first-order chi connectivity index (χ1) is 6.59. The summed E-state index contributed by atoms with van der Waals surface area (Å²) in [4.78, 5) is 0. The molecule has 0 saturated heterocycles. The molecule has 0 spiro atoms. The van der Waals surface area contributed by atoms with Crippen LogP contribution in [0, 0.1) is 11.7 Å². The Bertz CT molecular complexity index is 382. The minimum Gasteiger partial charge on any atom is -0.359 e. The van der Waals surface area contributed by atoms with E-state index in [-0.39, 0.29) is 11.7 Å². The molecule has 1 aliphatic heterocycles. The van der Waals surface area contributed by atoms with Gasteiger partial charge < -0.3 is 5.32 Å². The maximum atomic E-state index is 13.1. The van der Waals surface area contributed by atoms with Gasteiger partial charge in [0.1, 0.15) is 5.82 Å². The highest BCUT2D eigenvalue weighted by atomic mass is 19.1. The SMILES string of the molecule is C=C1Nc2ccc(F)cc2[C@H]1C(C)C. The van der Waals surface area contributed by atoms with E-state index < -0.39 is 0 Å². The lowest BCUT2D eigenvalue weighted by Gasteiger charge is -2.15. The standard InChI is InChI=1S/C12H14FN/c1-7(2)12-8(3)14-11-5-4-9(13)6-10(11)12/h4-7,12,14H,3H2,1-2H3/t12-/m0/s1. The third kappa shape index (κ3) is 1.31. The topological polar surface area (TPSA) is 12.0 Å². The molecule has 1 atom stereocenters. The average Bonchev–Trinajstić information content (AvgIpc) is 2.40. The monoisotopic (exact) mass is 191 g/mol. The maximum absolute atomic E-state index is 13.1. The van der Waals surface area contributed by atoms with Crippen molar-refractivity contribution in [3.8, 4) is 0 Å². The zero-order valence-electron chi connectivity index (χ0n) is 8.47. The molecule has 0 aromatic heterocycles. The maximum Gasteiger partial charge on any atom is 0.123 e. The summed E-state index contributed by atoms with van der Waals surface area (Å²) in [6.07, 6.45) is 0. The van der Waals surface area contributed by atoms with E-state index >= 15 is 0 Å². The van der Waals surface area contributed by atoms with Crippen molar-refractivity contribution < 1.29 is 4.39 Å². The molecule has 1 aliphatic rings. The molecule has 0 radical (unpaired) electrons.